The third-order valence-corrected chi connectivity index (χ3v) is 4.74. The van der Waals surface area contributed by atoms with E-state index < -0.39 is 42.2 Å². The van der Waals surface area contributed by atoms with Crippen LogP contribution in [0.1, 0.15) is 33.3 Å². The molecule has 0 bridgehead atoms. The second-order valence-electron chi connectivity index (χ2n) is 7.09. The van der Waals surface area contributed by atoms with Gasteiger partial charge in [-0.2, -0.15) is 0 Å². The fourth-order valence-corrected chi connectivity index (χ4v) is 3.26. The maximum Gasteiger partial charge on any atom is 0.337 e. The van der Waals surface area contributed by atoms with Crippen LogP contribution in [0.3, 0.4) is 0 Å². The molecule has 1 aliphatic rings. The molecule has 0 fully saturated rings. The number of carbonyl (C=O) groups is 4. The zero-order valence-electron chi connectivity index (χ0n) is 19.0. The minimum atomic E-state index is -1.42. The Morgan fingerprint density at radius 2 is 1.42 bits per heavy atom. The molecule has 33 heavy (non-hydrogen) atoms. The normalized spacial score (nSPS) is 13.8. The van der Waals surface area contributed by atoms with Crippen molar-refractivity contribution in [3.8, 4) is 0 Å². The lowest BCUT2D eigenvalue weighted by Gasteiger charge is -2.28. The van der Waals surface area contributed by atoms with E-state index in [0.29, 0.717) is 17.0 Å². The second kappa shape index (κ2) is 11.8. The van der Waals surface area contributed by atoms with Crippen molar-refractivity contribution in [2.75, 3.05) is 19.8 Å². The first-order valence-corrected chi connectivity index (χ1v) is 10.4. The van der Waals surface area contributed by atoms with Gasteiger partial charge in [0.2, 0.25) is 0 Å². The van der Waals surface area contributed by atoms with E-state index in [9.17, 15) is 23.6 Å². The Morgan fingerprint density at radius 1 is 0.909 bits per heavy atom. The number of rotatable bonds is 9. The molecule has 0 aromatic heterocycles. The van der Waals surface area contributed by atoms with Crippen LogP contribution in [-0.2, 0) is 39.9 Å². The van der Waals surface area contributed by atoms with Gasteiger partial charge < -0.3 is 24.8 Å². The summed E-state index contributed by atoms with van der Waals surface area (Å²) < 4.78 is 28.2. The number of nitrogens with one attached hydrogen (secondary N) is 2. The average molecular weight is 462 g/mol. The zero-order chi connectivity index (χ0) is 24.5. The molecule has 1 aromatic rings. The lowest BCUT2D eigenvalue weighted by Crippen LogP contribution is -2.39. The summed E-state index contributed by atoms with van der Waals surface area (Å²) in [7, 11) is 0. The molecular weight excluding hydrogens is 435 g/mol. The molecule has 9 nitrogen and oxygen atoms in total. The molecule has 10 heteroatoms. The van der Waals surface area contributed by atoms with Crippen LogP contribution in [0.4, 0.5) is 4.39 Å². The molecule has 0 aliphatic carbocycles. The van der Waals surface area contributed by atoms with Crippen LogP contribution in [0.5, 0.6) is 0 Å². The number of carbonyl (C=O) groups excluding carboxylic acids is 4. The van der Waals surface area contributed by atoms with Crippen LogP contribution in [0, 0.1) is 11.7 Å². The molecule has 178 valence electrons. The van der Waals surface area contributed by atoms with Gasteiger partial charge in [-0.25, -0.2) is 14.0 Å². The summed E-state index contributed by atoms with van der Waals surface area (Å²) in [5, 5.41) is 5.44. The number of allylic oxidation sites excluding steroid dienone is 2. The Labute approximate surface area is 191 Å². The maximum atomic E-state index is 13.0. The van der Waals surface area contributed by atoms with Gasteiger partial charge in [0.25, 0.3) is 5.91 Å². The van der Waals surface area contributed by atoms with Crippen molar-refractivity contribution in [3.63, 3.8) is 0 Å². The number of halogens is 1. The highest BCUT2D eigenvalue weighted by molar-refractivity contribution is 6.05. The van der Waals surface area contributed by atoms with Crippen LogP contribution < -0.4 is 10.6 Å². The van der Waals surface area contributed by atoms with Crippen molar-refractivity contribution in [3.05, 3.63) is 58.2 Å². The number of ether oxygens (including phenoxy) is 3. The molecule has 1 heterocycles. The predicted octanol–water partition coefficient (Wildman–Crippen LogP) is 1.88. The molecular formula is C23H27FN2O7. The molecule has 1 aliphatic heterocycles. The summed E-state index contributed by atoms with van der Waals surface area (Å²) in [6, 6.07) is 5.54. The fraction of sp³-hybridized carbons (Fsp3) is 0.391. The van der Waals surface area contributed by atoms with Crippen LogP contribution in [-0.4, -0.2) is 43.6 Å². The summed E-state index contributed by atoms with van der Waals surface area (Å²) in [6.07, 6.45) is 0. The van der Waals surface area contributed by atoms with E-state index in [1.807, 2.05) is 0 Å². The monoisotopic (exact) mass is 462 g/mol. The van der Waals surface area contributed by atoms with Crippen molar-refractivity contribution in [1.29, 1.82) is 0 Å². The molecule has 0 saturated heterocycles. The van der Waals surface area contributed by atoms with E-state index in [1.165, 1.54) is 24.3 Å². The molecule has 2 rings (SSSR count). The largest absolute Gasteiger partial charge is 0.463 e. The van der Waals surface area contributed by atoms with E-state index >= 15 is 0 Å². The molecule has 0 atom stereocenters. The van der Waals surface area contributed by atoms with E-state index in [2.05, 4.69) is 10.6 Å². The Balaban J connectivity index is 2.17. The zero-order valence-corrected chi connectivity index (χ0v) is 19.0. The Kier molecular flexibility index (Phi) is 9.14. The molecule has 0 radical (unpaired) electrons. The SMILES string of the molecule is CCOC(=O)C1=C(C)NC(C)=C(C(=O)OCC)C1C(=O)OCC(=O)NCc1ccc(F)cc1. The summed E-state index contributed by atoms with van der Waals surface area (Å²) in [6.45, 7) is 5.91. The van der Waals surface area contributed by atoms with Crippen LogP contribution >= 0.6 is 0 Å². The minimum Gasteiger partial charge on any atom is -0.463 e. The van der Waals surface area contributed by atoms with Gasteiger partial charge >= 0.3 is 17.9 Å². The summed E-state index contributed by atoms with van der Waals surface area (Å²) in [5.41, 5.74) is 1.11. The van der Waals surface area contributed by atoms with Crippen LogP contribution in [0.25, 0.3) is 0 Å². The third kappa shape index (κ3) is 6.64. The molecule has 0 saturated carbocycles. The summed E-state index contributed by atoms with van der Waals surface area (Å²) in [4.78, 5) is 50.3. The van der Waals surface area contributed by atoms with Gasteiger partial charge in [0.15, 0.2) is 6.61 Å². The second-order valence-corrected chi connectivity index (χ2v) is 7.09. The van der Waals surface area contributed by atoms with E-state index in [-0.39, 0.29) is 30.9 Å². The van der Waals surface area contributed by atoms with Gasteiger partial charge in [0, 0.05) is 17.9 Å². The molecule has 1 aromatic carbocycles. The first-order valence-electron chi connectivity index (χ1n) is 10.4. The highest BCUT2D eigenvalue weighted by Crippen LogP contribution is 2.32. The highest BCUT2D eigenvalue weighted by atomic mass is 19.1. The number of esters is 3. The van der Waals surface area contributed by atoms with Gasteiger partial charge in [-0.15, -0.1) is 0 Å². The van der Waals surface area contributed by atoms with Crippen molar-refractivity contribution < 1.29 is 37.8 Å². The van der Waals surface area contributed by atoms with Gasteiger partial charge in [0.05, 0.1) is 24.4 Å². The van der Waals surface area contributed by atoms with Crippen molar-refractivity contribution >= 4 is 23.8 Å². The van der Waals surface area contributed by atoms with E-state index in [1.54, 1.807) is 27.7 Å². The Bertz CT molecular complexity index is 943. The number of hydrogen-bond acceptors (Lipinski definition) is 8. The number of dihydropyridines is 1. The highest BCUT2D eigenvalue weighted by Gasteiger charge is 2.42. The van der Waals surface area contributed by atoms with Crippen LogP contribution in [0.15, 0.2) is 46.8 Å². The van der Waals surface area contributed by atoms with Crippen LogP contribution in [0.2, 0.25) is 0 Å². The Morgan fingerprint density at radius 3 is 1.91 bits per heavy atom. The quantitative estimate of drug-likeness (QED) is 0.422. The average Bonchev–Trinajstić information content (AvgIpc) is 2.76. The lowest BCUT2D eigenvalue weighted by molar-refractivity contribution is -0.154. The lowest BCUT2D eigenvalue weighted by atomic mass is 9.85. The van der Waals surface area contributed by atoms with Gasteiger partial charge in [0.1, 0.15) is 11.7 Å². The smallest absolute Gasteiger partial charge is 0.337 e. The summed E-state index contributed by atoms with van der Waals surface area (Å²) in [5.74, 6) is -4.99. The maximum absolute atomic E-state index is 13.0. The van der Waals surface area contributed by atoms with Gasteiger partial charge in [-0.1, -0.05) is 12.1 Å². The van der Waals surface area contributed by atoms with Gasteiger partial charge in [-0.3, -0.25) is 9.59 Å². The van der Waals surface area contributed by atoms with Gasteiger partial charge in [-0.05, 0) is 45.4 Å². The molecule has 1 amide bonds. The first-order chi connectivity index (χ1) is 15.7. The predicted molar refractivity (Wildman–Crippen MR) is 114 cm³/mol. The molecule has 0 spiro atoms. The number of benzene rings is 1. The summed E-state index contributed by atoms with van der Waals surface area (Å²) >= 11 is 0. The van der Waals surface area contributed by atoms with E-state index in [0.717, 1.165) is 0 Å². The minimum absolute atomic E-state index is 0.0562. The molecule has 0 unspecified atom stereocenters. The topological polar surface area (TPSA) is 120 Å². The number of amides is 1. The van der Waals surface area contributed by atoms with Crippen molar-refractivity contribution in [2.24, 2.45) is 5.92 Å². The third-order valence-electron chi connectivity index (χ3n) is 4.74. The molecule has 2 N–H and O–H groups in total. The Hall–Kier alpha value is -3.69. The van der Waals surface area contributed by atoms with Crippen molar-refractivity contribution in [1.82, 2.24) is 10.6 Å². The fourth-order valence-electron chi connectivity index (χ4n) is 3.26. The standard InChI is InChI=1S/C23H27FN2O7/c1-5-31-21(28)18-13(3)26-14(4)19(22(29)32-6-2)20(18)23(30)33-12-17(27)25-11-15-7-9-16(24)10-8-15/h7-10,20,26H,5-6,11-12H2,1-4H3,(H,25,27). The number of hydrogen-bond donors (Lipinski definition) is 2. The van der Waals surface area contributed by atoms with E-state index in [4.69, 9.17) is 14.2 Å². The van der Waals surface area contributed by atoms with Crippen molar-refractivity contribution in [2.45, 2.75) is 34.2 Å². The first kappa shape index (κ1) is 25.6.